The number of hydrogen-bond acceptors (Lipinski definition) is 4. The molecule has 11 rings (SSSR count). The highest BCUT2D eigenvalue weighted by Gasteiger charge is 2.37. The number of furan rings is 1. The minimum atomic E-state index is -0.150. The van der Waals surface area contributed by atoms with E-state index in [0.29, 0.717) is 17.5 Å². The SMILES string of the molecule is CC1(C)c2ccccc2-c2c(-c3nc(-c4ccc(-c5ccccc5)cc4)nc(-c4ccc5c(c4)oc4cccc(-c6ccc(-c7ccccc7)cc6)c45)n3)cccc21. The number of hydrogen-bond donors (Lipinski definition) is 0. The van der Waals surface area contributed by atoms with Gasteiger partial charge in [0.2, 0.25) is 0 Å². The monoisotopic (exact) mass is 743 g/mol. The first-order valence-electron chi connectivity index (χ1n) is 19.8. The fourth-order valence-corrected chi connectivity index (χ4v) is 8.82. The van der Waals surface area contributed by atoms with E-state index in [1.807, 2.05) is 18.2 Å². The van der Waals surface area contributed by atoms with E-state index in [2.05, 4.69) is 184 Å². The molecule has 58 heavy (non-hydrogen) atoms. The fourth-order valence-electron chi connectivity index (χ4n) is 8.82. The van der Waals surface area contributed by atoms with Crippen molar-refractivity contribution in [2.24, 2.45) is 0 Å². The molecule has 0 aliphatic heterocycles. The summed E-state index contributed by atoms with van der Waals surface area (Å²) in [6, 6.07) is 66.0. The first-order valence-corrected chi connectivity index (χ1v) is 19.8. The van der Waals surface area contributed by atoms with Crippen LogP contribution in [0.15, 0.2) is 192 Å². The minimum Gasteiger partial charge on any atom is -0.456 e. The van der Waals surface area contributed by atoms with E-state index in [-0.39, 0.29) is 5.41 Å². The molecule has 0 radical (unpaired) electrons. The van der Waals surface area contributed by atoms with Gasteiger partial charge >= 0.3 is 0 Å². The molecule has 8 aromatic carbocycles. The molecule has 0 bridgehead atoms. The van der Waals surface area contributed by atoms with E-state index >= 15 is 0 Å². The summed E-state index contributed by atoms with van der Waals surface area (Å²) >= 11 is 0. The Morgan fingerprint density at radius 1 is 0.362 bits per heavy atom. The normalized spacial score (nSPS) is 12.8. The molecular formula is C54H37N3O. The van der Waals surface area contributed by atoms with Crippen molar-refractivity contribution in [1.29, 1.82) is 0 Å². The molecule has 0 saturated heterocycles. The molecule has 0 fully saturated rings. The van der Waals surface area contributed by atoms with Crippen molar-refractivity contribution in [1.82, 2.24) is 15.0 Å². The second-order valence-electron chi connectivity index (χ2n) is 15.6. The van der Waals surface area contributed by atoms with Crippen LogP contribution in [0.1, 0.15) is 25.0 Å². The van der Waals surface area contributed by atoms with Crippen LogP contribution in [0.2, 0.25) is 0 Å². The zero-order valence-electron chi connectivity index (χ0n) is 32.1. The van der Waals surface area contributed by atoms with Gasteiger partial charge in [-0.3, -0.25) is 0 Å². The van der Waals surface area contributed by atoms with Crippen molar-refractivity contribution in [2.45, 2.75) is 19.3 Å². The molecule has 2 aromatic heterocycles. The number of aromatic nitrogens is 3. The van der Waals surface area contributed by atoms with Crippen molar-refractivity contribution >= 4 is 21.9 Å². The zero-order chi connectivity index (χ0) is 38.8. The predicted octanol–water partition coefficient (Wildman–Crippen LogP) is 14.1. The lowest BCUT2D eigenvalue weighted by Crippen LogP contribution is -2.14. The largest absolute Gasteiger partial charge is 0.456 e. The van der Waals surface area contributed by atoms with Crippen LogP contribution in [-0.4, -0.2) is 15.0 Å². The maximum atomic E-state index is 6.61. The Labute approximate surface area is 337 Å². The Morgan fingerprint density at radius 2 is 0.862 bits per heavy atom. The summed E-state index contributed by atoms with van der Waals surface area (Å²) in [5.41, 5.74) is 16.2. The maximum Gasteiger partial charge on any atom is 0.164 e. The van der Waals surface area contributed by atoms with Crippen LogP contribution in [0.4, 0.5) is 0 Å². The molecule has 1 aliphatic rings. The Bertz CT molecular complexity index is 3160. The van der Waals surface area contributed by atoms with Gasteiger partial charge in [-0.15, -0.1) is 0 Å². The van der Waals surface area contributed by atoms with Crippen LogP contribution < -0.4 is 0 Å². The molecule has 1 aliphatic carbocycles. The summed E-state index contributed by atoms with van der Waals surface area (Å²) < 4.78 is 6.61. The van der Waals surface area contributed by atoms with Gasteiger partial charge < -0.3 is 4.42 Å². The van der Waals surface area contributed by atoms with Gasteiger partial charge in [-0.05, 0) is 73.8 Å². The molecular weight excluding hydrogens is 707 g/mol. The third-order valence-electron chi connectivity index (χ3n) is 11.8. The first kappa shape index (κ1) is 33.9. The molecule has 0 N–H and O–H groups in total. The van der Waals surface area contributed by atoms with Crippen molar-refractivity contribution in [2.75, 3.05) is 0 Å². The second kappa shape index (κ2) is 13.4. The average Bonchev–Trinajstić information content (AvgIpc) is 3.78. The summed E-state index contributed by atoms with van der Waals surface area (Å²) in [7, 11) is 0. The van der Waals surface area contributed by atoms with Gasteiger partial charge in [0.1, 0.15) is 11.2 Å². The van der Waals surface area contributed by atoms with Crippen molar-refractivity contribution in [3.8, 4) is 78.7 Å². The zero-order valence-corrected chi connectivity index (χ0v) is 32.1. The lowest BCUT2D eigenvalue weighted by molar-refractivity contribution is 0.660. The molecule has 4 heteroatoms. The standard InChI is InChI=1S/C54H37N3O/c1-54(2)45-20-10-9-17-42(45)49-44(19-11-21-46(49)54)53-56-51(39-29-25-37(26-30-39)35-15-7-4-8-16-35)55-52(57-53)40-31-32-43-48(33-40)58-47-22-12-18-41(50(43)47)38-27-23-36(24-28-38)34-13-5-3-6-14-34/h3-33H,1-2H3. The van der Waals surface area contributed by atoms with Gasteiger partial charge in [-0.1, -0.05) is 184 Å². The number of nitrogens with zero attached hydrogens (tertiary/aromatic N) is 3. The maximum absolute atomic E-state index is 6.61. The molecule has 0 atom stereocenters. The Hall–Kier alpha value is -7.43. The summed E-state index contributed by atoms with van der Waals surface area (Å²) in [6.07, 6.45) is 0. The minimum absolute atomic E-state index is 0.150. The number of fused-ring (bicyclic) bond motifs is 6. The number of rotatable bonds is 6. The van der Waals surface area contributed by atoms with E-state index in [1.165, 1.54) is 38.9 Å². The van der Waals surface area contributed by atoms with Crippen LogP contribution in [0.25, 0.3) is 101 Å². The second-order valence-corrected chi connectivity index (χ2v) is 15.6. The van der Waals surface area contributed by atoms with Gasteiger partial charge in [0.25, 0.3) is 0 Å². The Kier molecular flexibility index (Phi) is 7.80. The third-order valence-corrected chi connectivity index (χ3v) is 11.8. The van der Waals surface area contributed by atoms with Gasteiger partial charge in [-0.25, -0.2) is 15.0 Å². The topological polar surface area (TPSA) is 51.8 Å². The average molecular weight is 744 g/mol. The first-order chi connectivity index (χ1) is 28.5. The van der Waals surface area contributed by atoms with Crippen LogP contribution in [0, 0.1) is 0 Å². The highest BCUT2D eigenvalue weighted by Crippen LogP contribution is 2.51. The van der Waals surface area contributed by atoms with Crippen molar-refractivity contribution in [3.63, 3.8) is 0 Å². The molecule has 0 unspecified atom stereocenters. The highest BCUT2D eigenvalue weighted by molar-refractivity contribution is 6.13. The van der Waals surface area contributed by atoms with E-state index in [4.69, 9.17) is 19.4 Å². The quantitative estimate of drug-likeness (QED) is 0.170. The predicted molar refractivity (Wildman–Crippen MR) is 237 cm³/mol. The summed E-state index contributed by atoms with van der Waals surface area (Å²) in [5, 5.41) is 2.14. The summed E-state index contributed by atoms with van der Waals surface area (Å²) in [5.74, 6) is 1.85. The van der Waals surface area contributed by atoms with E-state index in [9.17, 15) is 0 Å². The molecule has 10 aromatic rings. The van der Waals surface area contributed by atoms with E-state index in [0.717, 1.165) is 55.3 Å². The van der Waals surface area contributed by atoms with Gasteiger partial charge in [-0.2, -0.15) is 0 Å². The van der Waals surface area contributed by atoms with E-state index < -0.39 is 0 Å². The molecule has 2 heterocycles. The Balaban J connectivity index is 1.05. The smallest absolute Gasteiger partial charge is 0.164 e. The molecule has 0 amide bonds. The molecule has 274 valence electrons. The molecule has 4 nitrogen and oxygen atoms in total. The van der Waals surface area contributed by atoms with Crippen molar-refractivity contribution < 1.29 is 4.42 Å². The van der Waals surface area contributed by atoms with Crippen LogP contribution in [0.3, 0.4) is 0 Å². The number of benzene rings is 8. The van der Waals surface area contributed by atoms with Crippen LogP contribution in [0.5, 0.6) is 0 Å². The highest BCUT2D eigenvalue weighted by atomic mass is 16.3. The summed E-state index contributed by atoms with van der Waals surface area (Å²) in [6.45, 7) is 4.60. The fraction of sp³-hybridized carbons (Fsp3) is 0.0556. The van der Waals surface area contributed by atoms with Gasteiger partial charge in [0, 0.05) is 32.9 Å². The van der Waals surface area contributed by atoms with Crippen LogP contribution in [-0.2, 0) is 5.41 Å². The lowest BCUT2D eigenvalue weighted by Gasteiger charge is -2.21. The Morgan fingerprint density at radius 3 is 1.57 bits per heavy atom. The molecule has 0 saturated carbocycles. The van der Waals surface area contributed by atoms with Crippen molar-refractivity contribution in [3.05, 3.63) is 199 Å². The van der Waals surface area contributed by atoms with Gasteiger partial charge in [0.15, 0.2) is 17.5 Å². The van der Waals surface area contributed by atoms with E-state index in [1.54, 1.807) is 0 Å². The molecule has 0 spiro atoms. The third kappa shape index (κ3) is 5.56. The lowest BCUT2D eigenvalue weighted by atomic mass is 9.82. The van der Waals surface area contributed by atoms with Gasteiger partial charge in [0.05, 0.1) is 0 Å². The van der Waals surface area contributed by atoms with Crippen LogP contribution >= 0.6 is 0 Å². The summed E-state index contributed by atoms with van der Waals surface area (Å²) in [4.78, 5) is 15.6.